The summed E-state index contributed by atoms with van der Waals surface area (Å²) in [4.78, 5) is 0. The minimum absolute atomic E-state index is 0.0892. The number of nitriles is 1. The van der Waals surface area contributed by atoms with E-state index in [4.69, 9.17) is 5.26 Å². The van der Waals surface area contributed by atoms with Gasteiger partial charge in [-0.1, -0.05) is 18.2 Å². The van der Waals surface area contributed by atoms with Crippen LogP contribution in [0, 0.1) is 24.1 Å². The van der Waals surface area contributed by atoms with Gasteiger partial charge in [-0.2, -0.15) is 5.26 Å². The first kappa shape index (κ1) is 11.2. The van der Waals surface area contributed by atoms with E-state index in [-0.39, 0.29) is 17.1 Å². The molecular weight excluding hydrogens is 217 g/mol. The van der Waals surface area contributed by atoms with Gasteiger partial charge in [-0.15, -0.1) is 0 Å². The van der Waals surface area contributed by atoms with Crippen molar-refractivity contribution >= 4 is 0 Å². The van der Waals surface area contributed by atoms with Gasteiger partial charge in [-0.25, -0.2) is 4.39 Å². The van der Waals surface area contributed by atoms with Crippen LogP contribution in [0.4, 0.5) is 4.39 Å². The van der Waals surface area contributed by atoms with Crippen LogP contribution in [0.3, 0.4) is 0 Å². The Bertz CT molecular complexity index is 614. The van der Waals surface area contributed by atoms with Crippen LogP contribution in [-0.4, -0.2) is 5.11 Å². The van der Waals surface area contributed by atoms with E-state index in [9.17, 15) is 9.50 Å². The lowest BCUT2D eigenvalue weighted by Gasteiger charge is -2.07. The SMILES string of the molecule is Cc1c(F)cccc1-c1ccc(C#N)c(O)c1. The number of phenols is 1. The molecule has 2 aromatic carbocycles. The minimum Gasteiger partial charge on any atom is -0.507 e. The summed E-state index contributed by atoms with van der Waals surface area (Å²) in [5.74, 6) is -0.375. The molecule has 0 bridgehead atoms. The molecule has 0 amide bonds. The maximum Gasteiger partial charge on any atom is 0.133 e. The Morgan fingerprint density at radius 1 is 1.24 bits per heavy atom. The van der Waals surface area contributed by atoms with Crippen molar-refractivity contribution in [2.45, 2.75) is 6.92 Å². The Morgan fingerprint density at radius 2 is 2.00 bits per heavy atom. The zero-order valence-electron chi connectivity index (χ0n) is 9.24. The average Bonchev–Trinajstić information content (AvgIpc) is 2.32. The summed E-state index contributed by atoms with van der Waals surface area (Å²) >= 11 is 0. The Kier molecular flexibility index (Phi) is 2.80. The van der Waals surface area contributed by atoms with Gasteiger partial charge in [0.15, 0.2) is 0 Å². The van der Waals surface area contributed by atoms with Crippen molar-refractivity contribution in [2.75, 3.05) is 0 Å². The molecule has 0 saturated carbocycles. The molecule has 0 saturated heterocycles. The van der Waals surface area contributed by atoms with Crippen LogP contribution in [0.15, 0.2) is 36.4 Å². The fourth-order valence-electron chi connectivity index (χ4n) is 1.71. The molecule has 2 nitrogen and oxygen atoms in total. The highest BCUT2D eigenvalue weighted by atomic mass is 19.1. The summed E-state index contributed by atoms with van der Waals surface area (Å²) in [6, 6.07) is 11.4. The van der Waals surface area contributed by atoms with Gasteiger partial charge in [0.25, 0.3) is 0 Å². The van der Waals surface area contributed by atoms with E-state index in [0.29, 0.717) is 16.7 Å². The molecule has 84 valence electrons. The van der Waals surface area contributed by atoms with Crippen LogP contribution in [0.1, 0.15) is 11.1 Å². The van der Waals surface area contributed by atoms with Crippen LogP contribution in [0.5, 0.6) is 5.75 Å². The lowest BCUT2D eigenvalue weighted by atomic mass is 9.99. The number of phenolic OH excluding ortho intramolecular Hbond substituents is 1. The molecule has 0 spiro atoms. The van der Waals surface area contributed by atoms with Gasteiger partial charge < -0.3 is 5.11 Å². The molecule has 0 radical (unpaired) electrons. The van der Waals surface area contributed by atoms with E-state index < -0.39 is 0 Å². The van der Waals surface area contributed by atoms with Gasteiger partial charge in [0.1, 0.15) is 17.6 Å². The first-order valence-corrected chi connectivity index (χ1v) is 5.12. The highest BCUT2D eigenvalue weighted by molar-refractivity contribution is 5.70. The van der Waals surface area contributed by atoms with Crippen LogP contribution in [-0.2, 0) is 0 Å². The maximum atomic E-state index is 13.4. The largest absolute Gasteiger partial charge is 0.507 e. The summed E-state index contributed by atoms with van der Waals surface area (Å²) in [5, 5.41) is 18.3. The molecule has 0 unspecified atom stereocenters. The third-order valence-electron chi connectivity index (χ3n) is 2.70. The molecule has 0 aromatic heterocycles. The minimum atomic E-state index is -0.286. The predicted octanol–water partition coefficient (Wildman–Crippen LogP) is 3.38. The molecule has 17 heavy (non-hydrogen) atoms. The van der Waals surface area contributed by atoms with E-state index in [1.807, 2.05) is 6.07 Å². The quantitative estimate of drug-likeness (QED) is 0.811. The number of halogens is 1. The summed E-state index contributed by atoms with van der Waals surface area (Å²) < 4.78 is 13.4. The van der Waals surface area contributed by atoms with Gasteiger partial charge in [0.05, 0.1) is 5.56 Å². The second-order valence-corrected chi connectivity index (χ2v) is 3.76. The number of rotatable bonds is 1. The molecule has 0 aliphatic heterocycles. The van der Waals surface area contributed by atoms with Gasteiger partial charge >= 0.3 is 0 Å². The highest BCUT2D eigenvalue weighted by Gasteiger charge is 2.08. The predicted molar refractivity (Wildman–Crippen MR) is 63.0 cm³/mol. The van der Waals surface area contributed by atoms with E-state index in [1.54, 1.807) is 25.1 Å². The molecule has 3 heteroatoms. The van der Waals surface area contributed by atoms with E-state index in [0.717, 1.165) is 0 Å². The molecule has 2 rings (SSSR count). The molecule has 0 aliphatic carbocycles. The monoisotopic (exact) mass is 227 g/mol. The van der Waals surface area contributed by atoms with Crippen molar-refractivity contribution in [3.05, 3.63) is 53.3 Å². The van der Waals surface area contributed by atoms with Crippen LogP contribution < -0.4 is 0 Å². The molecule has 0 aliphatic rings. The first-order chi connectivity index (χ1) is 8.13. The molecule has 0 heterocycles. The van der Waals surface area contributed by atoms with Gasteiger partial charge in [-0.05, 0) is 41.8 Å². The second-order valence-electron chi connectivity index (χ2n) is 3.76. The standard InChI is InChI=1S/C14H10FNO/c1-9-12(3-2-4-13(9)15)10-5-6-11(8-16)14(17)7-10/h2-7,17H,1H3. The summed E-state index contributed by atoms with van der Waals surface area (Å²) in [7, 11) is 0. The summed E-state index contributed by atoms with van der Waals surface area (Å²) in [6.07, 6.45) is 0. The topological polar surface area (TPSA) is 44.0 Å². The van der Waals surface area contributed by atoms with Gasteiger partial charge in [-0.3, -0.25) is 0 Å². The fraction of sp³-hybridized carbons (Fsp3) is 0.0714. The lowest BCUT2D eigenvalue weighted by molar-refractivity contribution is 0.474. The third kappa shape index (κ3) is 1.98. The van der Waals surface area contributed by atoms with Gasteiger partial charge in [0.2, 0.25) is 0 Å². The van der Waals surface area contributed by atoms with E-state index >= 15 is 0 Å². The highest BCUT2D eigenvalue weighted by Crippen LogP contribution is 2.29. The van der Waals surface area contributed by atoms with Crippen LogP contribution in [0.25, 0.3) is 11.1 Å². The molecule has 0 fully saturated rings. The van der Waals surface area contributed by atoms with E-state index in [1.165, 1.54) is 18.2 Å². The maximum absolute atomic E-state index is 13.4. The zero-order valence-corrected chi connectivity index (χ0v) is 9.24. The van der Waals surface area contributed by atoms with Crippen molar-refractivity contribution < 1.29 is 9.50 Å². The van der Waals surface area contributed by atoms with Crippen molar-refractivity contribution in [2.24, 2.45) is 0 Å². The lowest BCUT2D eigenvalue weighted by Crippen LogP contribution is -1.88. The summed E-state index contributed by atoms with van der Waals surface area (Å²) in [5.41, 5.74) is 2.14. The molecular formula is C14H10FNO. The van der Waals surface area contributed by atoms with Crippen molar-refractivity contribution in [1.82, 2.24) is 0 Å². The number of nitrogens with zero attached hydrogens (tertiary/aromatic N) is 1. The Morgan fingerprint density at radius 3 is 2.65 bits per heavy atom. The van der Waals surface area contributed by atoms with Crippen molar-refractivity contribution in [3.8, 4) is 22.9 Å². The number of hydrogen-bond donors (Lipinski definition) is 1. The third-order valence-corrected chi connectivity index (χ3v) is 2.70. The Balaban J connectivity index is 2.59. The van der Waals surface area contributed by atoms with E-state index in [2.05, 4.69) is 0 Å². The van der Waals surface area contributed by atoms with Crippen LogP contribution in [0.2, 0.25) is 0 Å². The molecule has 0 atom stereocenters. The fourth-order valence-corrected chi connectivity index (χ4v) is 1.71. The smallest absolute Gasteiger partial charge is 0.133 e. The van der Waals surface area contributed by atoms with Crippen LogP contribution >= 0.6 is 0 Å². The zero-order chi connectivity index (χ0) is 12.4. The first-order valence-electron chi connectivity index (χ1n) is 5.12. The van der Waals surface area contributed by atoms with Crippen molar-refractivity contribution in [1.29, 1.82) is 5.26 Å². The normalized spacial score (nSPS) is 9.94. The number of hydrogen-bond acceptors (Lipinski definition) is 2. The van der Waals surface area contributed by atoms with Crippen molar-refractivity contribution in [3.63, 3.8) is 0 Å². The average molecular weight is 227 g/mol. The summed E-state index contributed by atoms with van der Waals surface area (Å²) in [6.45, 7) is 1.68. The Hall–Kier alpha value is -2.34. The second kappa shape index (κ2) is 4.26. The number of aromatic hydroxyl groups is 1. The Labute approximate surface area is 98.6 Å². The number of benzene rings is 2. The van der Waals surface area contributed by atoms with Gasteiger partial charge in [0, 0.05) is 0 Å². The molecule has 2 aromatic rings. The molecule has 1 N–H and O–H groups in total.